The first-order chi connectivity index (χ1) is 7.81. The summed E-state index contributed by atoms with van der Waals surface area (Å²) in [6, 6.07) is 4.20. The fraction of sp³-hybridized carbons (Fsp3) is 0.545. The van der Waals surface area contributed by atoms with E-state index >= 15 is 0 Å². The van der Waals surface area contributed by atoms with Crippen molar-refractivity contribution in [2.45, 2.75) is 13.0 Å². The molecule has 16 heavy (non-hydrogen) atoms. The van der Waals surface area contributed by atoms with Crippen LogP contribution in [0.5, 0.6) is 0 Å². The van der Waals surface area contributed by atoms with Gasteiger partial charge in [0, 0.05) is 32.4 Å². The van der Waals surface area contributed by atoms with Gasteiger partial charge in [0.1, 0.15) is 12.1 Å². The molecule has 0 N–H and O–H groups in total. The summed E-state index contributed by atoms with van der Waals surface area (Å²) < 4.78 is 0. The molecule has 1 fully saturated rings. The molecule has 1 aromatic heterocycles. The second-order valence-corrected chi connectivity index (χ2v) is 3.90. The molecule has 1 aliphatic heterocycles. The van der Waals surface area contributed by atoms with Gasteiger partial charge in [0.15, 0.2) is 0 Å². The SMILES string of the molecule is CC(C#N)N1CCN(c2ccncn2)CC1. The molecule has 1 aromatic rings. The summed E-state index contributed by atoms with van der Waals surface area (Å²) in [5.74, 6) is 0.972. The van der Waals surface area contributed by atoms with Crippen LogP contribution in [-0.2, 0) is 0 Å². The zero-order chi connectivity index (χ0) is 11.4. The Kier molecular flexibility index (Phi) is 3.32. The highest BCUT2D eigenvalue weighted by molar-refractivity contribution is 5.37. The number of piperazine rings is 1. The van der Waals surface area contributed by atoms with Gasteiger partial charge in [-0.3, -0.25) is 4.90 Å². The van der Waals surface area contributed by atoms with Crippen LogP contribution in [0.4, 0.5) is 5.82 Å². The van der Waals surface area contributed by atoms with E-state index in [9.17, 15) is 0 Å². The molecule has 0 amide bonds. The lowest BCUT2D eigenvalue weighted by Gasteiger charge is -2.36. The van der Waals surface area contributed by atoms with Crippen molar-refractivity contribution in [1.82, 2.24) is 14.9 Å². The van der Waals surface area contributed by atoms with Crippen LogP contribution in [0.25, 0.3) is 0 Å². The van der Waals surface area contributed by atoms with Crippen molar-refractivity contribution in [3.05, 3.63) is 18.6 Å². The number of nitrogens with zero attached hydrogens (tertiary/aromatic N) is 5. The van der Waals surface area contributed by atoms with Gasteiger partial charge < -0.3 is 4.90 Å². The van der Waals surface area contributed by atoms with Crippen LogP contribution < -0.4 is 4.90 Å². The lowest BCUT2D eigenvalue weighted by Crippen LogP contribution is -2.49. The van der Waals surface area contributed by atoms with Crippen molar-refractivity contribution < 1.29 is 0 Å². The molecule has 1 saturated heterocycles. The first kappa shape index (κ1) is 10.8. The zero-order valence-electron chi connectivity index (χ0n) is 9.37. The van der Waals surface area contributed by atoms with E-state index in [1.54, 1.807) is 12.5 Å². The molecule has 0 saturated carbocycles. The molecular formula is C11H15N5. The van der Waals surface area contributed by atoms with E-state index in [0.29, 0.717) is 0 Å². The number of hydrogen-bond donors (Lipinski definition) is 0. The van der Waals surface area contributed by atoms with Crippen LogP contribution >= 0.6 is 0 Å². The summed E-state index contributed by atoms with van der Waals surface area (Å²) in [5, 5.41) is 8.84. The van der Waals surface area contributed by atoms with Crippen LogP contribution in [0, 0.1) is 11.3 Å². The fourth-order valence-electron chi connectivity index (χ4n) is 1.89. The van der Waals surface area contributed by atoms with Crippen LogP contribution in [0.15, 0.2) is 18.6 Å². The van der Waals surface area contributed by atoms with Gasteiger partial charge in [0.25, 0.3) is 0 Å². The number of aromatic nitrogens is 2. The topological polar surface area (TPSA) is 56.1 Å². The highest BCUT2D eigenvalue weighted by Crippen LogP contribution is 2.12. The van der Waals surface area contributed by atoms with Crippen LogP contribution in [0.2, 0.25) is 0 Å². The molecule has 84 valence electrons. The summed E-state index contributed by atoms with van der Waals surface area (Å²) in [7, 11) is 0. The van der Waals surface area contributed by atoms with E-state index in [2.05, 4.69) is 25.8 Å². The van der Waals surface area contributed by atoms with Crippen LogP contribution in [0.1, 0.15) is 6.92 Å². The maximum atomic E-state index is 8.84. The van der Waals surface area contributed by atoms with E-state index in [4.69, 9.17) is 5.26 Å². The predicted molar refractivity (Wildman–Crippen MR) is 60.9 cm³/mol. The minimum atomic E-state index is 0.00699. The largest absolute Gasteiger partial charge is 0.354 e. The number of rotatable bonds is 2. The van der Waals surface area contributed by atoms with Gasteiger partial charge in [-0.2, -0.15) is 5.26 Å². The Hall–Kier alpha value is -1.67. The fourth-order valence-corrected chi connectivity index (χ4v) is 1.89. The summed E-state index contributed by atoms with van der Waals surface area (Å²) in [4.78, 5) is 12.5. The third-order valence-corrected chi connectivity index (χ3v) is 2.94. The van der Waals surface area contributed by atoms with Gasteiger partial charge in [-0.1, -0.05) is 0 Å². The highest BCUT2D eigenvalue weighted by Gasteiger charge is 2.21. The molecule has 0 radical (unpaired) electrons. The van der Waals surface area contributed by atoms with Crippen LogP contribution in [0.3, 0.4) is 0 Å². The number of hydrogen-bond acceptors (Lipinski definition) is 5. The van der Waals surface area contributed by atoms with E-state index in [1.807, 2.05) is 13.0 Å². The average Bonchev–Trinajstić information content (AvgIpc) is 2.39. The molecule has 1 unspecified atom stereocenters. The molecule has 1 atom stereocenters. The maximum absolute atomic E-state index is 8.84. The molecule has 5 nitrogen and oxygen atoms in total. The lowest BCUT2D eigenvalue weighted by atomic mass is 10.2. The smallest absolute Gasteiger partial charge is 0.131 e. The average molecular weight is 217 g/mol. The number of anilines is 1. The van der Waals surface area contributed by atoms with E-state index in [0.717, 1.165) is 32.0 Å². The molecule has 0 aliphatic carbocycles. The first-order valence-corrected chi connectivity index (χ1v) is 5.46. The second kappa shape index (κ2) is 4.90. The summed E-state index contributed by atoms with van der Waals surface area (Å²) in [5.41, 5.74) is 0. The minimum Gasteiger partial charge on any atom is -0.354 e. The van der Waals surface area contributed by atoms with Crippen molar-refractivity contribution >= 4 is 5.82 Å². The van der Waals surface area contributed by atoms with Crippen LogP contribution in [-0.4, -0.2) is 47.1 Å². The van der Waals surface area contributed by atoms with Crippen molar-refractivity contribution in [2.75, 3.05) is 31.1 Å². The molecule has 0 aromatic carbocycles. The normalized spacial score (nSPS) is 19.1. The van der Waals surface area contributed by atoms with Gasteiger partial charge in [-0.05, 0) is 13.0 Å². The van der Waals surface area contributed by atoms with Gasteiger partial charge >= 0.3 is 0 Å². The Morgan fingerprint density at radius 1 is 1.38 bits per heavy atom. The van der Waals surface area contributed by atoms with E-state index in [1.165, 1.54) is 0 Å². The maximum Gasteiger partial charge on any atom is 0.131 e. The Balaban J connectivity index is 1.94. The zero-order valence-corrected chi connectivity index (χ0v) is 9.37. The third-order valence-electron chi connectivity index (χ3n) is 2.94. The lowest BCUT2D eigenvalue weighted by molar-refractivity contribution is 0.231. The van der Waals surface area contributed by atoms with Crippen molar-refractivity contribution in [2.24, 2.45) is 0 Å². The molecule has 2 heterocycles. The van der Waals surface area contributed by atoms with Gasteiger partial charge in [-0.25, -0.2) is 9.97 Å². The first-order valence-electron chi connectivity index (χ1n) is 5.46. The third kappa shape index (κ3) is 2.28. The molecular weight excluding hydrogens is 202 g/mol. The van der Waals surface area contributed by atoms with Gasteiger partial charge in [0.05, 0.1) is 12.1 Å². The Bertz CT molecular complexity index is 364. The molecule has 5 heteroatoms. The predicted octanol–water partition coefficient (Wildman–Crippen LogP) is 0.511. The quantitative estimate of drug-likeness (QED) is 0.722. The van der Waals surface area contributed by atoms with Gasteiger partial charge in [-0.15, -0.1) is 0 Å². The molecule has 1 aliphatic rings. The Morgan fingerprint density at radius 2 is 2.12 bits per heavy atom. The summed E-state index contributed by atoms with van der Waals surface area (Å²) >= 11 is 0. The van der Waals surface area contributed by atoms with Crippen molar-refractivity contribution in [1.29, 1.82) is 5.26 Å². The van der Waals surface area contributed by atoms with Crippen molar-refractivity contribution in [3.63, 3.8) is 0 Å². The standard InChI is InChI=1S/C11H15N5/c1-10(8-12)15-4-6-16(7-5-15)11-2-3-13-9-14-11/h2-3,9-10H,4-7H2,1H3. The Morgan fingerprint density at radius 3 is 2.69 bits per heavy atom. The summed E-state index contributed by atoms with van der Waals surface area (Å²) in [6.07, 6.45) is 3.33. The molecule has 0 spiro atoms. The van der Waals surface area contributed by atoms with E-state index in [-0.39, 0.29) is 6.04 Å². The monoisotopic (exact) mass is 217 g/mol. The highest BCUT2D eigenvalue weighted by atomic mass is 15.3. The summed E-state index contributed by atoms with van der Waals surface area (Å²) in [6.45, 7) is 5.61. The van der Waals surface area contributed by atoms with E-state index < -0.39 is 0 Å². The van der Waals surface area contributed by atoms with Crippen molar-refractivity contribution in [3.8, 4) is 6.07 Å². The molecule has 0 bridgehead atoms. The number of nitriles is 1. The Labute approximate surface area is 95.3 Å². The molecule has 2 rings (SSSR count). The van der Waals surface area contributed by atoms with Gasteiger partial charge in [0.2, 0.25) is 0 Å². The second-order valence-electron chi connectivity index (χ2n) is 3.90. The minimum absolute atomic E-state index is 0.00699.